The van der Waals surface area contributed by atoms with E-state index in [9.17, 15) is 13.2 Å². The fraction of sp³-hybridized carbons (Fsp3) is 0.286. The molecule has 238 valence electrons. The number of hydrogen-bond acceptors (Lipinski definition) is 7. The number of halogens is 3. The number of hydrogen-bond donors (Lipinski definition) is 0. The van der Waals surface area contributed by atoms with Gasteiger partial charge in [-0.25, -0.2) is 24.5 Å². The first kappa shape index (κ1) is 29.2. The second kappa shape index (κ2) is 11.5. The zero-order valence-corrected chi connectivity index (χ0v) is 25.5. The van der Waals surface area contributed by atoms with Crippen molar-refractivity contribution >= 4 is 5.52 Å². The average Bonchev–Trinajstić information content (AvgIpc) is 4.03. The lowest BCUT2D eigenvalue weighted by molar-refractivity contribution is -0.140. The van der Waals surface area contributed by atoms with E-state index in [1.165, 1.54) is 6.33 Å². The Hall–Kier alpha value is -5.26. The van der Waals surface area contributed by atoms with Crippen molar-refractivity contribution in [3.05, 3.63) is 108 Å². The molecule has 0 amide bonds. The number of ether oxygens (including phenoxy) is 2. The molecule has 4 heterocycles. The molecule has 2 saturated carbocycles. The first-order valence-corrected chi connectivity index (χ1v) is 15.5. The summed E-state index contributed by atoms with van der Waals surface area (Å²) >= 11 is 0. The first-order chi connectivity index (χ1) is 22.9. The predicted octanol–water partition coefficient (Wildman–Crippen LogP) is 7.46. The molecule has 0 N–H and O–H groups in total. The van der Waals surface area contributed by atoms with Crippen LogP contribution in [0.2, 0.25) is 0 Å². The van der Waals surface area contributed by atoms with E-state index in [1.807, 2.05) is 59.1 Å². The van der Waals surface area contributed by atoms with Gasteiger partial charge in [0.05, 0.1) is 24.5 Å². The molecule has 2 aliphatic rings. The molecule has 0 bridgehead atoms. The van der Waals surface area contributed by atoms with Crippen molar-refractivity contribution in [3.8, 4) is 34.4 Å². The van der Waals surface area contributed by atoms with Crippen LogP contribution in [0.3, 0.4) is 0 Å². The fourth-order valence-electron chi connectivity index (χ4n) is 5.90. The molecule has 0 spiro atoms. The minimum atomic E-state index is -4.53. The van der Waals surface area contributed by atoms with Gasteiger partial charge in [0.25, 0.3) is 0 Å². The number of imidazole rings is 1. The summed E-state index contributed by atoms with van der Waals surface area (Å²) in [4.78, 5) is 17.5. The van der Waals surface area contributed by atoms with E-state index in [0.29, 0.717) is 47.5 Å². The zero-order chi connectivity index (χ0) is 32.1. The maximum absolute atomic E-state index is 13.7. The summed E-state index contributed by atoms with van der Waals surface area (Å²) < 4.78 is 56.5. The van der Waals surface area contributed by atoms with Crippen LogP contribution in [-0.2, 0) is 19.2 Å². The van der Waals surface area contributed by atoms with Crippen LogP contribution in [0.4, 0.5) is 13.2 Å². The van der Waals surface area contributed by atoms with Gasteiger partial charge in [-0.05, 0) is 49.4 Å². The second-order valence-electron chi connectivity index (χ2n) is 12.0. The quantitative estimate of drug-likeness (QED) is 0.154. The van der Waals surface area contributed by atoms with Gasteiger partial charge in [-0.2, -0.15) is 13.2 Å². The van der Waals surface area contributed by atoms with Crippen molar-refractivity contribution in [3.63, 3.8) is 0 Å². The van der Waals surface area contributed by atoms with Crippen LogP contribution >= 0.6 is 0 Å². The smallest absolute Gasteiger partial charge is 0.434 e. The van der Waals surface area contributed by atoms with Crippen LogP contribution in [0.15, 0.2) is 79.4 Å². The van der Waals surface area contributed by atoms with E-state index >= 15 is 0 Å². The molecule has 2 aromatic carbocycles. The normalized spacial score (nSPS) is 14.9. The summed E-state index contributed by atoms with van der Waals surface area (Å²) in [5.41, 5.74) is 4.76. The molecule has 0 unspecified atom stereocenters. The van der Waals surface area contributed by atoms with Crippen LogP contribution in [0, 0.1) is 0 Å². The van der Waals surface area contributed by atoms with Gasteiger partial charge in [0, 0.05) is 41.4 Å². The Bertz CT molecular complexity index is 2080. The highest BCUT2D eigenvalue weighted by Gasteiger charge is 2.37. The number of benzene rings is 2. The lowest BCUT2D eigenvalue weighted by Crippen LogP contribution is -2.07. The maximum atomic E-state index is 13.7. The molecule has 0 aliphatic heterocycles. The molecule has 0 atom stereocenters. The number of rotatable bonds is 10. The van der Waals surface area contributed by atoms with E-state index < -0.39 is 11.9 Å². The van der Waals surface area contributed by atoms with Crippen molar-refractivity contribution in [2.24, 2.45) is 0 Å². The minimum absolute atomic E-state index is 0.0111. The highest BCUT2D eigenvalue weighted by molar-refractivity contribution is 5.66. The Labute approximate surface area is 268 Å². The van der Waals surface area contributed by atoms with Gasteiger partial charge in [0.2, 0.25) is 5.88 Å². The summed E-state index contributed by atoms with van der Waals surface area (Å²) in [6, 6.07) is 19.2. The average molecular weight is 638 g/mol. The number of nitrogens with zero attached hydrogens (tertiary/aromatic N) is 7. The van der Waals surface area contributed by atoms with Crippen molar-refractivity contribution in [1.29, 1.82) is 0 Å². The zero-order valence-electron chi connectivity index (χ0n) is 25.5. The third-order valence-corrected chi connectivity index (χ3v) is 8.60. The lowest BCUT2D eigenvalue weighted by atomic mass is 10.0. The summed E-state index contributed by atoms with van der Waals surface area (Å²) in [5.74, 6) is 2.07. The Morgan fingerprint density at radius 2 is 1.77 bits per heavy atom. The van der Waals surface area contributed by atoms with Gasteiger partial charge in [0.1, 0.15) is 30.1 Å². The largest absolute Gasteiger partial charge is 0.489 e. The van der Waals surface area contributed by atoms with E-state index in [4.69, 9.17) is 14.6 Å². The molecule has 6 aromatic rings. The molecule has 0 radical (unpaired) electrons. The first-order valence-electron chi connectivity index (χ1n) is 15.5. The summed E-state index contributed by atoms with van der Waals surface area (Å²) in [7, 11) is 1.57. The summed E-state index contributed by atoms with van der Waals surface area (Å²) in [6.07, 6.45) is 4.05. The molecule has 2 fully saturated rings. The molecule has 8 rings (SSSR count). The van der Waals surface area contributed by atoms with E-state index in [0.717, 1.165) is 59.9 Å². The van der Waals surface area contributed by atoms with Crippen LogP contribution in [0.1, 0.15) is 65.9 Å². The molecular formula is C35H30F3N7O2. The molecule has 9 nitrogen and oxygen atoms in total. The van der Waals surface area contributed by atoms with Crippen LogP contribution in [-0.4, -0.2) is 41.2 Å². The Kier molecular flexibility index (Phi) is 7.15. The van der Waals surface area contributed by atoms with Gasteiger partial charge in [-0.3, -0.25) is 0 Å². The van der Waals surface area contributed by atoms with Gasteiger partial charge < -0.3 is 14.0 Å². The van der Waals surface area contributed by atoms with Gasteiger partial charge in [-0.15, -0.1) is 5.10 Å². The van der Waals surface area contributed by atoms with E-state index in [1.54, 1.807) is 23.9 Å². The number of aromatic nitrogens is 7. The SMILES string of the molecule is COc1ncnc(C2CC2)c1-c1ncc2ccc(Cc3ccc(-c4nc(C(F)(F)F)cn4C4CC4)cc3OCc3ccccc3)n2n1. The highest BCUT2D eigenvalue weighted by atomic mass is 19.4. The predicted molar refractivity (Wildman–Crippen MR) is 167 cm³/mol. The van der Waals surface area contributed by atoms with Gasteiger partial charge in [-0.1, -0.05) is 42.5 Å². The fourth-order valence-corrected chi connectivity index (χ4v) is 5.90. The maximum Gasteiger partial charge on any atom is 0.434 e. The molecule has 2 aliphatic carbocycles. The van der Waals surface area contributed by atoms with Crippen molar-refractivity contribution in [2.45, 2.75) is 56.8 Å². The number of alkyl halides is 3. The number of methoxy groups -OCH3 is 1. The third kappa shape index (κ3) is 5.79. The third-order valence-electron chi connectivity index (χ3n) is 8.60. The Balaban J connectivity index is 1.18. The van der Waals surface area contributed by atoms with Crippen LogP contribution in [0.5, 0.6) is 11.6 Å². The van der Waals surface area contributed by atoms with Crippen molar-refractivity contribution in [2.75, 3.05) is 7.11 Å². The van der Waals surface area contributed by atoms with Gasteiger partial charge in [0.15, 0.2) is 11.5 Å². The Morgan fingerprint density at radius 1 is 0.936 bits per heavy atom. The van der Waals surface area contributed by atoms with Gasteiger partial charge >= 0.3 is 6.18 Å². The van der Waals surface area contributed by atoms with E-state index in [-0.39, 0.29) is 11.9 Å². The highest BCUT2D eigenvalue weighted by Crippen LogP contribution is 2.45. The standard InChI is InChI=1S/C35H30F3N7O2/c1-46-34-30(31(22-7-8-22)40-20-41-34)32-39-17-27-14-13-26(45(27)43-32)15-23-9-10-24(16-28(23)47-19-21-5-3-2-4-6-21)33-42-29(35(36,37)38)18-44(33)25-11-12-25/h2-6,9-10,13-14,16-18,20,22,25H,7-8,11-12,15,19H2,1H3. The molecule has 12 heteroatoms. The minimum Gasteiger partial charge on any atom is -0.489 e. The van der Waals surface area contributed by atoms with Crippen molar-refractivity contribution < 1.29 is 22.6 Å². The number of fused-ring (bicyclic) bond motifs is 1. The molecular weight excluding hydrogens is 607 g/mol. The second-order valence-corrected chi connectivity index (χ2v) is 12.0. The molecule has 0 saturated heterocycles. The van der Waals surface area contributed by atoms with Crippen LogP contribution < -0.4 is 9.47 Å². The van der Waals surface area contributed by atoms with Crippen LogP contribution in [0.25, 0.3) is 28.3 Å². The lowest BCUT2D eigenvalue weighted by Gasteiger charge is -2.15. The topological polar surface area (TPSA) is 92.2 Å². The summed E-state index contributed by atoms with van der Waals surface area (Å²) in [5, 5.41) is 4.92. The molecule has 47 heavy (non-hydrogen) atoms. The Morgan fingerprint density at radius 3 is 2.51 bits per heavy atom. The monoisotopic (exact) mass is 637 g/mol. The summed E-state index contributed by atoms with van der Waals surface area (Å²) in [6.45, 7) is 0.293. The molecule has 4 aromatic heterocycles. The van der Waals surface area contributed by atoms with E-state index in [2.05, 4.69) is 19.9 Å². The van der Waals surface area contributed by atoms with Crippen molar-refractivity contribution in [1.82, 2.24) is 34.1 Å².